The normalized spacial score (nSPS) is 10.5. The molecule has 1 amide bonds. The Hall–Kier alpha value is -3.83. The summed E-state index contributed by atoms with van der Waals surface area (Å²) < 4.78 is 5.76. The molecule has 0 radical (unpaired) electrons. The minimum absolute atomic E-state index is 0.00564. The van der Waals surface area contributed by atoms with Gasteiger partial charge in [-0.05, 0) is 37.1 Å². The summed E-state index contributed by atoms with van der Waals surface area (Å²) in [5, 5.41) is 22.7. The number of hydrogen-bond donors (Lipinski definition) is 4. The minimum Gasteiger partial charge on any atom is -0.504 e. The number of benzene rings is 2. The molecule has 0 fully saturated rings. The first-order valence-electron chi connectivity index (χ1n) is 9.98. The van der Waals surface area contributed by atoms with Crippen molar-refractivity contribution in [2.24, 2.45) is 0 Å². The van der Waals surface area contributed by atoms with E-state index in [2.05, 4.69) is 21.2 Å². The van der Waals surface area contributed by atoms with Gasteiger partial charge >= 0.3 is 0 Å². The second-order valence-corrected chi connectivity index (χ2v) is 6.96. The summed E-state index contributed by atoms with van der Waals surface area (Å²) in [5.41, 5.74) is 3.74. The van der Waals surface area contributed by atoms with Gasteiger partial charge in [0.2, 0.25) is 5.91 Å². The van der Waals surface area contributed by atoms with Gasteiger partial charge in [-0.25, -0.2) is 15.4 Å². The lowest BCUT2D eigenvalue weighted by molar-refractivity contribution is -0.129. The number of anilines is 2. The monoisotopic (exact) mass is 420 g/mol. The van der Waals surface area contributed by atoms with E-state index in [1.165, 1.54) is 6.33 Å². The van der Waals surface area contributed by atoms with Gasteiger partial charge in [-0.3, -0.25) is 10.0 Å². The van der Waals surface area contributed by atoms with E-state index >= 15 is 0 Å². The molecule has 0 bridgehead atoms. The largest absolute Gasteiger partial charge is 0.504 e. The highest BCUT2D eigenvalue weighted by molar-refractivity contribution is 5.93. The van der Waals surface area contributed by atoms with Crippen molar-refractivity contribution in [3.05, 3.63) is 48.3 Å². The molecule has 2 aromatic carbocycles. The predicted octanol–water partition coefficient (Wildman–Crippen LogP) is 3.90. The van der Waals surface area contributed by atoms with E-state index in [1.807, 2.05) is 24.3 Å². The highest BCUT2D eigenvalue weighted by Gasteiger charge is 2.11. The molecule has 0 spiro atoms. The predicted molar refractivity (Wildman–Crippen MR) is 117 cm³/mol. The fourth-order valence-electron chi connectivity index (χ4n) is 3.09. The van der Waals surface area contributed by atoms with Crippen LogP contribution in [0.4, 0.5) is 11.5 Å². The lowest BCUT2D eigenvalue weighted by Gasteiger charge is -2.12. The van der Waals surface area contributed by atoms with Gasteiger partial charge in [-0.2, -0.15) is 0 Å². The standard InChI is InChI=1S/C23H24N4O4/c1-2-16-8-7-9-17(12-16)26-23-18-13-21(20(28)14-19(18)24-15-25-23)31-11-6-4-3-5-10-22(29)27-30/h1,7-9,12-15,28,30H,3-6,10-11H2,(H,27,29)(H,24,25,26). The maximum atomic E-state index is 11.0. The lowest BCUT2D eigenvalue weighted by atomic mass is 10.1. The number of fused-ring (bicyclic) bond motifs is 1. The van der Waals surface area contributed by atoms with E-state index in [-0.39, 0.29) is 11.7 Å². The van der Waals surface area contributed by atoms with Crippen LogP contribution in [0.25, 0.3) is 10.9 Å². The molecule has 0 aliphatic carbocycles. The number of aromatic nitrogens is 2. The molecular weight excluding hydrogens is 396 g/mol. The molecule has 31 heavy (non-hydrogen) atoms. The van der Waals surface area contributed by atoms with Crippen LogP contribution < -0.4 is 15.5 Å². The third-order valence-corrected chi connectivity index (χ3v) is 4.69. The first-order valence-corrected chi connectivity index (χ1v) is 9.98. The van der Waals surface area contributed by atoms with Crippen LogP contribution in [0.5, 0.6) is 11.5 Å². The van der Waals surface area contributed by atoms with E-state index in [4.69, 9.17) is 16.4 Å². The van der Waals surface area contributed by atoms with Crippen LogP contribution in [0.1, 0.15) is 37.7 Å². The molecule has 1 heterocycles. The SMILES string of the molecule is C#Cc1cccc(Nc2ncnc3cc(O)c(OCCCCCCC(=O)NO)cc23)c1. The molecule has 4 N–H and O–H groups in total. The number of carbonyl (C=O) groups is 1. The van der Waals surface area contributed by atoms with E-state index < -0.39 is 0 Å². The van der Waals surface area contributed by atoms with Gasteiger partial charge in [-0.1, -0.05) is 24.8 Å². The second kappa shape index (κ2) is 10.8. The summed E-state index contributed by atoms with van der Waals surface area (Å²) in [4.78, 5) is 19.5. The number of carbonyl (C=O) groups excluding carboxylic acids is 1. The van der Waals surface area contributed by atoms with Crippen molar-refractivity contribution >= 4 is 28.3 Å². The van der Waals surface area contributed by atoms with Crippen LogP contribution >= 0.6 is 0 Å². The van der Waals surface area contributed by atoms with Crippen molar-refractivity contribution in [2.45, 2.75) is 32.1 Å². The molecule has 0 unspecified atom stereocenters. The Labute approximate surface area is 180 Å². The lowest BCUT2D eigenvalue weighted by Crippen LogP contribution is -2.17. The summed E-state index contributed by atoms with van der Waals surface area (Å²) in [6, 6.07) is 10.7. The zero-order valence-corrected chi connectivity index (χ0v) is 17.0. The number of unbranched alkanes of at least 4 members (excludes halogenated alkanes) is 3. The van der Waals surface area contributed by atoms with Crippen molar-refractivity contribution in [1.29, 1.82) is 0 Å². The van der Waals surface area contributed by atoms with Gasteiger partial charge < -0.3 is 15.2 Å². The number of terminal acetylenes is 1. The first kappa shape index (κ1) is 21.9. The van der Waals surface area contributed by atoms with Crippen LogP contribution in [0.3, 0.4) is 0 Å². The zero-order chi connectivity index (χ0) is 22.1. The average Bonchev–Trinajstić information content (AvgIpc) is 2.79. The van der Waals surface area contributed by atoms with Crippen LogP contribution in [0.15, 0.2) is 42.7 Å². The summed E-state index contributed by atoms with van der Waals surface area (Å²) in [6.07, 6.45) is 10.4. The molecule has 0 aliphatic heterocycles. The van der Waals surface area contributed by atoms with Gasteiger partial charge in [0.1, 0.15) is 12.1 Å². The number of aromatic hydroxyl groups is 1. The number of hydrogen-bond acceptors (Lipinski definition) is 7. The van der Waals surface area contributed by atoms with Crippen LogP contribution in [0, 0.1) is 12.3 Å². The van der Waals surface area contributed by atoms with Crippen molar-refractivity contribution in [3.8, 4) is 23.8 Å². The molecule has 0 saturated carbocycles. The summed E-state index contributed by atoms with van der Waals surface area (Å²) in [6.45, 7) is 0.423. The molecule has 1 aromatic heterocycles. The highest BCUT2D eigenvalue weighted by atomic mass is 16.5. The number of nitrogens with one attached hydrogen (secondary N) is 2. The van der Waals surface area contributed by atoms with Gasteiger partial charge in [0.05, 0.1) is 12.1 Å². The van der Waals surface area contributed by atoms with Crippen LogP contribution in [-0.4, -0.2) is 32.8 Å². The second-order valence-electron chi connectivity index (χ2n) is 6.96. The molecule has 8 nitrogen and oxygen atoms in total. The van der Waals surface area contributed by atoms with Gasteiger partial charge in [0, 0.05) is 29.1 Å². The van der Waals surface area contributed by atoms with E-state index in [1.54, 1.807) is 17.6 Å². The highest BCUT2D eigenvalue weighted by Crippen LogP contribution is 2.34. The summed E-state index contributed by atoms with van der Waals surface area (Å²) in [5.74, 6) is 3.15. The van der Waals surface area contributed by atoms with Crippen molar-refractivity contribution in [2.75, 3.05) is 11.9 Å². The average molecular weight is 420 g/mol. The molecule has 0 aliphatic rings. The van der Waals surface area contributed by atoms with Gasteiger partial charge in [0.25, 0.3) is 0 Å². The quantitative estimate of drug-likeness (QED) is 0.170. The fourth-order valence-corrected chi connectivity index (χ4v) is 3.09. The minimum atomic E-state index is -0.380. The molecular formula is C23H24N4O4. The molecule has 8 heteroatoms. The van der Waals surface area contributed by atoms with Crippen LogP contribution in [0.2, 0.25) is 0 Å². The maximum Gasteiger partial charge on any atom is 0.243 e. The van der Waals surface area contributed by atoms with Crippen LogP contribution in [-0.2, 0) is 4.79 Å². The number of hydroxylamine groups is 1. The van der Waals surface area contributed by atoms with Crippen molar-refractivity contribution in [1.82, 2.24) is 15.4 Å². The Morgan fingerprint density at radius 2 is 1.97 bits per heavy atom. The van der Waals surface area contributed by atoms with E-state index in [9.17, 15) is 9.90 Å². The van der Waals surface area contributed by atoms with Gasteiger partial charge in [0.15, 0.2) is 11.5 Å². The third-order valence-electron chi connectivity index (χ3n) is 4.69. The Kier molecular flexibility index (Phi) is 7.62. The summed E-state index contributed by atoms with van der Waals surface area (Å²) >= 11 is 0. The Balaban J connectivity index is 1.65. The number of amides is 1. The first-order chi connectivity index (χ1) is 15.1. The number of phenolic OH excluding ortho intramolecular Hbond substituents is 1. The molecule has 0 saturated heterocycles. The maximum absolute atomic E-state index is 11.0. The molecule has 0 atom stereocenters. The fraction of sp³-hybridized carbons (Fsp3) is 0.261. The molecule has 3 aromatic rings. The number of phenols is 1. The van der Waals surface area contributed by atoms with E-state index in [0.717, 1.165) is 30.5 Å². The number of rotatable bonds is 10. The molecule has 160 valence electrons. The Morgan fingerprint density at radius 1 is 1.13 bits per heavy atom. The summed E-state index contributed by atoms with van der Waals surface area (Å²) in [7, 11) is 0. The smallest absolute Gasteiger partial charge is 0.243 e. The Bertz CT molecular complexity index is 1090. The Morgan fingerprint density at radius 3 is 2.77 bits per heavy atom. The number of nitrogens with zero attached hydrogens (tertiary/aromatic N) is 2. The van der Waals surface area contributed by atoms with Gasteiger partial charge in [-0.15, -0.1) is 6.42 Å². The van der Waals surface area contributed by atoms with E-state index in [0.29, 0.717) is 41.9 Å². The topological polar surface area (TPSA) is 117 Å². The van der Waals surface area contributed by atoms with Crippen molar-refractivity contribution in [3.63, 3.8) is 0 Å². The molecule has 3 rings (SSSR count). The third kappa shape index (κ3) is 6.07. The van der Waals surface area contributed by atoms with Crippen molar-refractivity contribution < 1.29 is 19.8 Å². The number of ether oxygens (including phenoxy) is 1. The zero-order valence-electron chi connectivity index (χ0n) is 17.0.